The monoisotopic (exact) mass is 317 g/mol. The molecule has 17 heavy (non-hydrogen) atoms. The first kappa shape index (κ1) is 13.0. The van der Waals surface area contributed by atoms with Crippen molar-refractivity contribution in [3.63, 3.8) is 0 Å². The van der Waals surface area contributed by atoms with E-state index in [4.69, 9.17) is 0 Å². The fourth-order valence-electron chi connectivity index (χ4n) is 2.12. The van der Waals surface area contributed by atoms with Gasteiger partial charge in [-0.15, -0.1) is 0 Å². The van der Waals surface area contributed by atoms with E-state index < -0.39 is 0 Å². The van der Waals surface area contributed by atoms with Gasteiger partial charge >= 0.3 is 0 Å². The van der Waals surface area contributed by atoms with E-state index in [0.717, 1.165) is 18.1 Å². The third-order valence-electron chi connectivity index (χ3n) is 3.14. The molecule has 6 heteroatoms. The molecule has 1 saturated carbocycles. The van der Waals surface area contributed by atoms with Gasteiger partial charge in [0.15, 0.2) is 0 Å². The predicted octanol–water partition coefficient (Wildman–Crippen LogP) is 2.62. The van der Waals surface area contributed by atoms with E-state index in [9.17, 15) is 4.79 Å². The van der Waals surface area contributed by atoms with Crippen molar-refractivity contribution in [1.29, 1.82) is 0 Å². The van der Waals surface area contributed by atoms with Crippen LogP contribution in [0.5, 0.6) is 0 Å². The normalized spacial score (nSPS) is 24.6. The van der Waals surface area contributed by atoms with Gasteiger partial charge in [0.1, 0.15) is 10.3 Å². The first-order valence-corrected chi connectivity index (χ1v) is 7.81. The predicted molar refractivity (Wildman–Crippen MR) is 75.7 cm³/mol. The van der Waals surface area contributed by atoms with Crippen molar-refractivity contribution in [1.82, 2.24) is 9.97 Å². The zero-order valence-electron chi connectivity index (χ0n) is 9.70. The largest absolute Gasteiger partial charge is 0.366 e. The van der Waals surface area contributed by atoms with Crippen LogP contribution in [0, 0.1) is 0 Å². The van der Waals surface area contributed by atoms with Gasteiger partial charge in [0.05, 0.1) is 6.33 Å². The average Bonchev–Trinajstić information content (AvgIpc) is 2.36. The van der Waals surface area contributed by atoms with Crippen molar-refractivity contribution in [2.45, 2.75) is 37.0 Å². The molecule has 0 spiro atoms. The van der Waals surface area contributed by atoms with E-state index in [1.165, 1.54) is 19.2 Å². The molecule has 1 aliphatic carbocycles. The molecule has 2 N–H and O–H groups in total. The highest BCUT2D eigenvalue weighted by molar-refractivity contribution is 9.10. The number of aromatic nitrogens is 2. The Labute approximate surface area is 113 Å². The summed E-state index contributed by atoms with van der Waals surface area (Å²) >= 11 is 5.21. The Morgan fingerprint density at radius 2 is 2.18 bits per heavy atom. The molecular weight excluding hydrogens is 302 g/mol. The third kappa shape index (κ3) is 3.25. The fraction of sp³-hybridized carbons (Fsp3) is 0.636. The zero-order chi connectivity index (χ0) is 12.3. The van der Waals surface area contributed by atoms with Crippen molar-refractivity contribution in [3.8, 4) is 0 Å². The Balaban J connectivity index is 1.98. The van der Waals surface area contributed by atoms with Crippen LogP contribution in [0.3, 0.4) is 0 Å². The Hall–Kier alpha value is -0.490. The zero-order valence-corrected chi connectivity index (χ0v) is 12.1. The molecule has 0 bridgehead atoms. The summed E-state index contributed by atoms with van der Waals surface area (Å²) in [5.74, 6) is 0.654. The highest BCUT2D eigenvalue weighted by atomic mass is 79.9. The highest BCUT2D eigenvalue weighted by Crippen LogP contribution is 2.29. The molecule has 1 heterocycles. The number of hydrogen-bond donors (Lipinski definition) is 2. The van der Waals surface area contributed by atoms with Crippen molar-refractivity contribution >= 4 is 33.5 Å². The second kappa shape index (κ2) is 5.91. The highest BCUT2D eigenvalue weighted by Gasteiger charge is 2.21. The van der Waals surface area contributed by atoms with Crippen LogP contribution in [-0.4, -0.2) is 27.5 Å². The summed E-state index contributed by atoms with van der Waals surface area (Å²) in [6.07, 6.45) is 8.37. The van der Waals surface area contributed by atoms with E-state index >= 15 is 0 Å². The lowest BCUT2D eigenvalue weighted by Gasteiger charge is -2.28. The topological polar surface area (TPSA) is 57.8 Å². The second-order valence-corrected chi connectivity index (χ2v) is 6.18. The standard InChI is InChI=1S/C11H16BrN3OS/c1-17-8-4-2-7(3-5-8)15-10-9(12)11(16)14-6-13-10/h6-8H,2-5H2,1H3,(H2,13,14,15,16). The molecule has 4 nitrogen and oxygen atoms in total. The summed E-state index contributed by atoms with van der Waals surface area (Å²) in [4.78, 5) is 18.1. The number of anilines is 1. The van der Waals surface area contributed by atoms with Crippen LogP contribution < -0.4 is 10.9 Å². The number of nitrogens with one attached hydrogen (secondary N) is 2. The van der Waals surface area contributed by atoms with E-state index in [1.54, 1.807) is 0 Å². The summed E-state index contributed by atoms with van der Waals surface area (Å²) in [5, 5.41) is 4.14. The average molecular weight is 318 g/mol. The molecule has 1 fully saturated rings. The van der Waals surface area contributed by atoms with Gasteiger partial charge in [0.25, 0.3) is 5.56 Å². The van der Waals surface area contributed by atoms with Crippen molar-refractivity contribution in [3.05, 3.63) is 21.2 Å². The molecule has 0 aromatic carbocycles. The Morgan fingerprint density at radius 1 is 1.47 bits per heavy atom. The van der Waals surface area contributed by atoms with Crippen LogP contribution in [0.25, 0.3) is 0 Å². The van der Waals surface area contributed by atoms with Gasteiger partial charge in [-0.25, -0.2) is 4.98 Å². The lowest BCUT2D eigenvalue weighted by molar-refractivity contribution is 0.472. The number of hydrogen-bond acceptors (Lipinski definition) is 4. The molecule has 94 valence electrons. The maximum atomic E-state index is 11.4. The first-order valence-electron chi connectivity index (χ1n) is 5.73. The van der Waals surface area contributed by atoms with E-state index in [2.05, 4.69) is 37.5 Å². The van der Waals surface area contributed by atoms with Gasteiger partial charge in [-0.05, 0) is 47.9 Å². The molecule has 1 aromatic heterocycles. The lowest BCUT2D eigenvalue weighted by Crippen LogP contribution is -2.28. The molecule has 0 radical (unpaired) electrons. The van der Waals surface area contributed by atoms with Gasteiger partial charge in [-0.3, -0.25) is 4.79 Å². The third-order valence-corrected chi connectivity index (χ3v) is 5.02. The van der Waals surface area contributed by atoms with Crippen LogP contribution in [0.15, 0.2) is 15.6 Å². The van der Waals surface area contributed by atoms with Crippen molar-refractivity contribution in [2.75, 3.05) is 11.6 Å². The van der Waals surface area contributed by atoms with Crippen molar-refractivity contribution < 1.29 is 0 Å². The Kier molecular flexibility index (Phi) is 4.50. The fourth-order valence-corrected chi connectivity index (χ4v) is 3.19. The minimum Gasteiger partial charge on any atom is -0.366 e. The smallest absolute Gasteiger partial charge is 0.267 e. The molecule has 1 aromatic rings. The minimum absolute atomic E-state index is 0.139. The van der Waals surface area contributed by atoms with Crippen LogP contribution >= 0.6 is 27.7 Å². The minimum atomic E-state index is -0.139. The van der Waals surface area contributed by atoms with Gasteiger partial charge in [-0.1, -0.05) is 0 Å². The molecule has 0 saturated heterocycles. The second-order valence-electron chi connectivity index (χ2n) is 4.25. The number of thioether (sulfide) groups is 1. The maximum Gasteiger partial charge on any atom is 0.267 e. The summed E-state index contributed by atoms with van der Waals surface area (Å²) in [7, 11) is 0. The van der Waals surface area contributed by atoms with Gasteiger partial charge in [-0.2, -0.15) is 11.8 Å². The quantitative estimate of drug-likeness (QED) is 0.899. The number of aromatic amines is 1. The molecule has 0 amide bonds. The van der Waals surface area contributed by atoms with E-state index in [-0.39, 0.29) is 5.56 Å². The van der Waals surface area contributed by atoms with Crippen LogP contribution in [0.2, 0.25) is 0 Å². The molecule has 0 atom stereocenters. The van der Waals surface area contributed by atoms with Crippen molar-refractivity contribution in [2.24, 2.45) is 0 Å². The SMILES string of the molecule is CSC1CCC(Nc2nc[nH]c(=O)c2Br)CC1. The summed E-state index contributed by atoms with van der Waals surface area (Å²) in [5.41, 5.74) is -0.139. The molecule has 0 aliphatic heterocycles. The summed E-state index contributed by atoms with van der Waals surface area (Å²) in [6, 6.07) is 0.434. The van der Waals surface area contributed by atoms with Crippen LogP contribution in [0.1, 0.15) is 25.7 Å². The Bertz CT molecular complexity index is 429. The number of rotatable bonds is 3. The number of nitrogens with zero attached hydrogens (tertiary/aromatic N) is 1. The van der Waals surface area contributed by atoms with Crippen LogP contribution in [-0.2, 0) is 0 Å². The number of H-pyrrole nitrogens is 1. The van der Waals surface area contributed by atoms with E-state index in [0.29, 0.717) is 16.3 Å². The maximum absolute atomic E-state index is 11.4. The van der Waals surface area contributed by atoms with Crippen LogP contribution in [0.4, 0.5) is 5.82 Å². The van der Waals surface area contributed by atoms with Gasteiger partial charge in [0.2, 0.25) is 0 Å². The van der Waals surface area contributed by atoms with Gasteiger partial charge in [0, 0.05) is 11.3 Å². The molecule has 1 aliphatic rings. The summed E-state index contributed by atoms with van der Waals surface area (Å²) < 4.78 is 0.493. The van der Waals surface area contributed by atoms with E-state index in [1.807, 2.05) is 11.8 Å². The Morgan fingerprint density at radius 3 is 2.82 bits per heavy atom. The van der Waals surface area contributed by atoms with Gasteiger partial charge < -0.3 is 10.3 Å². The molecule has 0 unspecified atom stereocenters. The molecular formula is C11H16BrN3OS. The first-order chi connectivity index (χ1) is 8.20. The molecule has 2 rings (SSSR count). The summed E-state index contributed by atoms with van der Waals surface area (Å²) in [6.45, 7) is 0. The lowest BCUT2D eigenvalue weighted by atomic mass is 9.95. The number of halogens is 1.